The zero-order valence-corrected chi connectivity index (χ0v) is 9.69. The lowest BCUT2D eigenvalue weighted by molar-refractivity contribution is 0.0854. The van der Waals surface area contributed by atoms with E-state index in [-0.39, 0.29) is 13.5 Å². The Balaban J connectivity index is 0.00000112. The summed E-state index contributed by atoms with van der Waals surface area (Å²) in [5.41, 5.74) is 1.34. The van der Waals surface area contributed by atoms with Gasteiger partial charge in [0, 0.05) is 19.1 Å². The van der Waals surface area contributed by atoms with Crippen LogP contribution in [0.2, 0.25) is 0 Å². The van der Waals surface area contributed by atoms with Crippen molar-refractivity contribution < 1.29 is 0 Å². The minimum atomic E-state index is 0. The third-order valence-corrected chi connectivity index (χ3v) is 2.82. The topological polar surface area (TPSA) is 27.0 Å². The van der Waals surface area contributed by atoms with Crippen LogP contribution in [0.3, 0.4) is 0 Å². The highest BCUT2D eigenvalue weighted by molar-refractivity contribution is 7.59. The maximum Gasteiger partial charge on any atom is 0.0638 e. The van der Waals surface area contributed by atoms with Crippen LogP contribution in [0.15, 0.2) is 30.3 Å². The van der Waals surface area contributed by atoms with Gasteiger partial charge in [-0.15, -0.1) is 0 Å². The Labute approximate surface area is 98.0 Å². The van der Waals surface area contributed by atoms with E-state index in [2.05, 4.69) is 35.2 Å². The molecule has 1 aromatic carbocycles. The van der Waals surface area contributed by atoms with E-state index in [1.54, 1.807) is 0 Å². The van der Waals surface area contributed by atoms with Crippen molar-refractivity contribution in [2.45, 2.75) is 25.4 Å². The normalized spacial score (nSPS) is 19.8. The molecule has 0 spiro atoms. The van der Waals surface area contributed by atoms with Gasteiger partial charge in [-0.2, -0.15) is 18.8 Å². The number of benzene rings is 1. The summed E-state index contributed by atoms with van der Waals surface area (Å²) in [7, 11) is 0. The van der Waals surface area contributed by atoms with Gasteiger partial charge in [0.2, 0.25) is 0 Å². The minimum absolute atomic E-state index is 0. The molecule has 1 fully saturated rings. The highest BCUT2D eigenvalue weighted by Gasteiger charge is 2.26. The second-order valence-corrected chi connectivity index (χ2v) is 3.76. The van der Waals surface area contributed by atoms with Crippen molar-refractivity contribution in [3.05, 3.63) is 35.9 Å². The molecule has 80 valence electrons. The summed E-state index contributed by atoms with van der Waals surface area (Å²) in [6, 6.07) is 13.2. The fraction of sp³-hybridized carbons (Fsp3) is 0.417. The van der Waals surface area contributed by atoms with Gasteiger partial charge in [-0.05, 0) is 12.0 Å². The molecule has 0 N–H and O–H groups in total. The van der Waals surface area contributed by atoms with Gasteiger partial charge in [0.05, 0.1) is 12.5 Å². The Kier molecular flexibility index (Phi) is 4.67. The van der Waals surface area contributed by atoms with Crippen molar-refractivity contribution in [3.63, 3.8) is 0 Å². The van der Waals surface area contributed by atoms with Crippen LogP contribution in [0.1, 0.15) is 18.4 Å². The molecule has 1 aliphatic heterocycles. The van der Waals surface area contributed by atoms with E-state index < -0.39 is 0 Å². The molecule has 1 heterocycles. The average molecular weight is 220 g/mol. The van der Waals surface area contributed by atoms with Crippen LogP contribution in [0.25, 0.3) is 0 Å². The number of hydrogen-bond acceptors (Lipinski definition) is 2. The quantitative estimate of drug-likeness (QED) is 0.781. The smallest absolute Gasteiger partial charge is 0.0638 e. The molecule has 0 aliphatic carbocycles. The van der Waals surface area contributed by atoms with Crippen LogP contribution >= 0.6 is 13.5 Å². The first-order chi connectivity index (χ1) is 6.90. The third-order valence-electron chi connectivity index (χ3n) is 2.82. The zero-order chi connectivity index (χ0) is 9.80. The van der Waals surface area contributed by atoms with Gasteiger partial charge in [0.1, 0.15) is 0 Å². The molecule has 2 rings (SSSR count). The van der Waals surface area contributed by atoms with Gasteiger partial charge in [0.25, 0.3) is 0 Å². The largest absolute Gasteiger partial charge is 0.295 e. The van der Waals surface area contributed by atoms with Crippen LogP contribution < -0.4 is 0 Å². The molecular weight excluding hydrogens is 204 g/mol. The highest BCUT2D eigenvalue weighted by atomic mass is 32.1. The molecular formula is C12H16N2S. The molecule has 0 bridgehead atoms. The monoisotopic (exact) mass is 220 g/mol. The Bertz CT molecular complexity index is 331. The molecule has 1 atom stereocenters. The van der Waals surface area contributed by atoms with Crippen LogP contribution in [-0.4, -0.2) is 17.5 Å². The molecule has 1 saturated heterocycles. The number of rotatable bonds is 3. The van der Waals surface area contributed by atoms with Crippen molar-refractivity contribution in [2.75, 3.05) is 6.54 Å². The SMILES string of the molecule is N#CCC1CCN1Cc1ccccc1.S. The first-order valence-electron chi connectivity index (χ1n) is 5.05. The van der Waals surface area contributed by atoms with Crippen LogP contribution in [-0.2, 0) is 6.54 Å². The van der Waals surface area contributed by atoms with Crippen molar-refractivity contribution in [3.8, 4) is 6.07 Å². The second-order valence-electron chi connectivity index (χ2n) is 3.76. The lowest BCUT2D eigenvalue weighted by Gasteiger charge is -2.39. The zero-order valence-electron chi connectivity index (χ0n) is 8.69. The maximum absolute atomic E-state index is 8.61. The first-order valence-corrected chi connectivity index (χ1v) is 5.05. The van der Waals surface area contributed by atoms with Gasteiger partial charge in [-0.25, -0.2) is 0 Å². The van der Waals surface area contributed by atoms with Crippen molar-refractivity contribution in [2.24, 2.45) is 0 Å². The summed E-state index contributed by atoms with van der Waals surface area (Å²) < 4.78 is 0. The predicted molar refractivity (Wildman–Crippen MR) is 65.9 cm³/mol. The fourth-order valence-corrected chi connectivity index (χ4v) is 1.86. The summed E-state index contributed by atoms with van der Waals surface area (Å²) in [4.78, 5) is 2.37. The molecule has 0 aromatic heterocycles. The van der Waals surface area contributed by atoms with Gasteiger partial charge in [-0.3, -0.25) is 4.90 Å². The molecule has 2 nitrogen and oxygen atoms in total. The molecule has 0 radical (unpaired) electrons. The Hall–Kier alpha value is -0.980. The number of nitrogens with zero attached hydrogens (tertiary/aromatic N) is 2. The number of likely N-dealkylation sites (tertiary alicyclic amines) is 1. The summed E-state index contributed by atoms with van der Waals surface area (Å²) in [6.07, 6.45) is 1.85. The maximum atomic E-state index is 8.61. The second kappa shape index (κ2) is 5.79. The first kappa shape index (κ1) is 12.1. The fourth-order valence-electron chi connectivity index (χ4n) is 1.86. The van der Waals surface area contributed by atoms with E-state index in [0.717, 1.165) is 13.1 Å². The number of nitriles is 1. The van der Waals surface area contributed by atoms with E-state index in [9.17, 15) is 0 Å². The average Bonchev–Trinajstić information content (AvgIpc) is 2.23. The summed E-state index contributed by atoms with van der Waals surface area (Å²) >= 11 is 0. The Morgan fingerprint density at radius 1 is 1.33 bits per heavy atom. The summed E-state index contributed by atoms with van der Waals surface area (Å²) in [5.74, 6) is 0. The van der Waals surface area contributed by atoms with Crippen molar-refractivity contribution in [1.82, 2.24) is 4.90 Å². The van der Waals surface area contributed by atoms with Crippen molar-refractivity contribution >= 4 is 13.5 Å². The Morgan fingerprint density at radius 3 is 2.60 bits per heavy atom. The third kappa shape index (κ3) is 2.98. The van der Waals surface area contributed by atoms with E-state index in [1.165, 1.54) is 12.0 Å². The van der Waals surface area contributed by atoms with E-state index in [4.69, 9.17) is 5.26 Å². The van der Waals surface area contributed by atoms with E-state index in [1.807, 2.05) is 6.07 Å². The number of hydrogen-bond donors (Lipinski definition) is 0. The summed E-state index contributed by atoms with van der Waals surface area (Å²) in [5, 5.41) is 8.61. The molecule has 0 saturated carbocycles. The molecule has 1 unspecified atom stereocenters. The Morgan fingerprint density at radius 2 is 2.07 bits per heavy atom. The molecule has 1 aromatic rings. The summed E-state index contributed by atoms with van der Waals surface area (Å²) in [6.45, 7) is 2.13. The predicted octanol–water partition coefficient (Wildman–Crippen LogP) is 2.29. The van der Waals surface area contributed by atoms with Crippen LogP contribution in [0.5, 0.6) is 0 Å². The van der Waals surface area contributed by atoms with E-state index >= 15 is 0 Å². The molecule has 0 amide bonds. The van der Waals surface area contributed by atoms with Gasteiger partial charge < -0.3 is 0 Å². The lowest BCUT2D eigenvalue weighted by Crippen LogP contribution is -2.46. The molecule has 1 aliphatic rings. The molecule has 15 heavy (non-hydrogen) atoms. The van der Waals surface area contributed by atoms with Gasteiger partial charge in [-0.1, -0.05) is 30.3 Å². The minimum Gasteiger partial charge on any atom is -0.295 e. The highest BCUT2D eigenvalue weighted by Crippen LogP contribution is 2.22. The van der Waals surface area contributed by atoms with E-state index in [0.29, 0.717) is 12.5 Å². The van der Waals surface area contributed by atoms with Crippen LogP contribution in [0, 0.1) is 11.3 Å². The van der Waals surface area contributed by atoms with Crippen molar-refractivity contribution in [1.29, 1.82) is 5.26 Å². The standard InChI is InChI=1S/C12H14N2.H2S/c13-8-6-12-7-9-14(12)10-11-4-2-1-3-5-11;/h1-5,12H,6-7,9-10H2;1H2. The molecule has 3 heteroatoms. The van der Waals surface area contributed by atoms with Gasteiger partial charge >= 0.3 is 0 Å². The van der Waals surface area contributed by atoms with Crippen LogP contribution in [0.4, 0.5) is 0 Å². The lowest BCUT2D eigenvalue weighted by atomic mass is 9.99. The van der Waals surface area contributed by atoms with Gasteiger partial charge in [0.15, 0.2) is 0 Å².